The second-order valence-corrected chi connectivity index (χ2v) is 4.13. The molecule has 0 radical (unpaired) electrons. The average Bonchev–Trinajstić information content (AvgIpc) is 2.18. The molecule has 16 heavy (non-hydrogen) atoms. The van der Waals surface area contributed by atoms with Crippen LogP contribution in [0.25, 0.3) is 0 Å². The monoisotopic (exact) mass is 344 g/mol. The zero-order valence-corrected chi connectivity index (χ0v) is 10.4. The highest BCUT2D eigenvalue weighted by Gasteiger charge is 2.32. The van der Waals surface area contributed by atoms with Crippen LogP contribution < -0.4 is 4.74 Å². The predicted octanol–water partition coefficient (Wildman–Crippen LogP) is 3.78. The molecule has 0 saturated carbocycles. The molecule has 2 nitrogen and oxygen atoms in total. The molecular weight excluding hydrogens is 336 g/mol. The quantitative estimate of drug-likeness (QED) is 0.616. The van der Waals surface area contributed by atoms with Crippen molar-refractivity contribution in [3.05, 3.63) is 27.3 Å². The van der Waals surface area contributed by atoms with E-state index < -0.39 is 6.36 Å². The summed E-state index contributed by atoms with van der Waals surface area (Å²) in [6, 6.07) is 4.02. The smallest absolute Gasteiger partial charge is 0.405 e. The minimum atomic E-state index is -4.74. The summed E-state index contributed by atoms with van der Waals surface area (Å²) < 4.78 is 40.2. The fourth-order valence-electron chi connectivity index (χ4n) is 1.08. The number of ketones is 1. The normalized spacial score (nSPS) is 11.3. The number of hydrogen-bond acceptors (Lipinski definition) is 2. The van der Waals surface area contributed by atoms with Crippen LogP contribution in [-0.4, -0.2) is 12.1 Å². The van der Waals surface area contributed by atoms with E-state index in [-0.39, 0.29) is 23.5 Å². The highest BCUT2D eigenvalue weighted by molar-refractivity contribution is 14.1. The van der Waals surface area contributed by atoms with Crippen molar-refractivity contribution in [2.45, 2.75) is 19.7 Å². The lowest BCUT2D eigenvalue weighted by Gasteiger charge is -2.11. The molecule has 88 valence electrons. The lowest BCUT2D eigenvalue weighted by Crippen LogP contribution is -2.18. The van der Waals surface area contributed by atoms with E-state index in [1.54, 1.807) is 29.5 Å². The standard InChI is InChI=1S/C10H8F3IO2/c1-2-8(15)6-3-4-7(14)9(5-6)16-10(11,12)13/h3-5H,2H2,1H3. The van der Waals surface area contributed by atoms with Gasteiger partial charge in [-0.15, -0.1) is 13.2 Å². The first-order valence-corrected chi connectivity index (χ1v) is 5.50. The second kappa shape index (κ2) is 5.03. The maximum atomic E-state index is 12.0. The molecule has 0 aliphatic heterocycles. The summed E-state index contributed by atoms with van der Waals surface area (Å²) in [5, 5.41) is 0. The number of alkyl halides is 3. The minimum Gasteiger partial charge on any atom is -0.405 e. The van der Waals surface area contributed by atoms with E-state index in [1.165, 1.54) is 12.1 Å². The average molecular weight is 344 g/mol. The summed E-state index contributed by atoms with van der Waals surface area (Å²) in [5.41, 5.74) is 0.224. The van der Waals surface area contributed by atoms with Gasteiger partial charge in [0.1, 0.15) is 5.75 Å². The molecule has 0 fully saturated rings. The Bertz CT molecular complexity index is 402. The van der Waals surface area contributed by atoms with Crippen molar-refractivity contribution in [2.24, 2.45) is 0 Å². The summed E-state index contributed by atoms with van der Waals surface area (Å²) in [7, 11) is 0. The third kappa shape index (κ3) is 3.66. The minimum absolute atomic E-state index is 0.219. The molecule has 0 aromatic heterocycles. The maximum Gasteiger partial charge on any atom is 0.573 e. The summed E-state index contributed by atoms with van der Waals surface area (Å²) in [4.78, 5) is 11.3. The number of rotatable bonds is 3. The SMILES string of the molecule is CCC(=O)c1ccc(I)c(OC(F)(F)F)c1. The van der Waals surface area contributed by atoms with E-state index in [1.807, 2.05) is 0 Å². The van der Waals surface area contributed by atoms with Crippen molar-refractivity contribution in [3.8, 4) is 5.75 Å². The van der Waals surface area contributed by atoms with Crippen LogP contribution in [-0.2, 0) is 0 Å². The van der Waals surface area contributed by atoms with Gasteiger partial charge in [-0.1, -0.05) is 13.0 Å². The first-order chi connectivity index (χ1) is 7.33. The molecule has 0 N–H and O–H groups in total. The Morgan fingerprint density at radius 2 is 2.06 bits per heavy atom. The van der Waals surface area contributed by atoms with Gasteiger partial charge < -0.3 is 4.74 Å². The fourth-order valence-corrected chi connectivity index (χ4v) is 1.53. The lowest BCUT2D eigenvalue weighted by atomic mass is 10.1. The van der Waals surface area contributed by atoms with Crippen molar-refractivity contribution >= 4 is 28.4 Å². The fraction of sp³-hybridized carbons (Fsp3) is 0.300. The van der Waals surface area contributed by atoms with Gasteiger partial charge in [0.05, 0.1) is 3.57 Å². The molecule has 1 aromatic rings. The summed E-state index contributed by atoms with van der Waals surface area (Å²) in [6.45, 7) is 1.64. The van der Waals surface area contributed by atoms with Crippen LogP contribution >= 0.6 is 22.6 Å². The van der Waals surface area contributed by atoms with Crippen LogP contribution in [0.4, 0.5) is 13.2 Å². The zero-order chi connectivity index (χ0) is 12.3. The third-order valence-electron chi connectivity index (χ3n) is 1.80. The lowest BCUT2D eigenvalue weighted by molar-refractivity contribution is -0.274. The molecule has 1 rings (SSSR count). The number of carbonyl (C=O) groups is 1. The Labute approximate surface area is 104 Å². The molecule has 0 aliphatic rings. The van der Waals surface area contributed by atoms with Crippen molar-refractivity contribution in [2.75, 3.05) is 0 Å². The van der Waals surface area contributed by atoms with Gasteiger partial charge >= 0.3 is 6.36 Å². The first-order valence-electron chi connectivity index (χ1n) is 4.42. The first kappa shape index (κ1) is 13.3. The van der Waals surface area contributed by atoms with Crippen molar-refractivity contribution < 1.29 is 22.7 Å². The third-order valence-corrected chi connectivity index (χ3v) is 2.69. The Morgan fingerprint density at radius 1 is 1.44 bits per heavy atom. The molecule has 0 aliphatic carbocycles. The highest BCUT2D eigenvalue weighted by atomic mass is 127. The zero-order valence-electron chi connectivity index (χ0n) is 8.27. The molecule has 0 bridgehead atoms. The van der Waals surface area contributed by atoms with E-state index in [4.69, 9.17) is 0 Å². The van der Waals surface area contributed by atoms with Gasteiger partial charge in [0.15, 0.2) is 5.78 Å². The largest absolute Gasteiger partial charge is 0.573 e. The molecule has 0 heterocycles. The molecule has 0 atom stereocenters. The number of Topliss-reactive ketones (excluding diaryl/α,β-unsaturated/α-hetero) is 1. The van der Waals surface area contributed by atoms with E-state index >= 15 is 0 Å². The molecule has 0 amide bonds. The number of benzene rings is 1. The van der Waals surface area contributed by atoms with Crippen LogP contribution in [0.5, 0.6) is 5.75 Å². The van der Waals surface area contributed by atoms with Crippen molar-refractivity contribution in [3.63, 3.8) is 0 Å². The van der Waals surface area contributed by atoms with Gasteiger partial charge in [0, 0.05) is 12.0 Å². The Hall–Kier alpha value is -0.790. The maximum absolute atomic E-state index is 12.0. The predicted molar refractivity (Wildman–Crippen MR) is 60.5 cm³/mol. The Morgan fingerprint density at radius 3 is 2.56 bits per heavy atom. The van der Waals surface area contributed by atoms with Gasteiger partial charge in [-0.3, -0.25) is 4.79 Å². The summed E-state index contributed by atoms with van der Waals surface area (Å²) in [6.07, 6.45) is -4.50. The van der Waals surface area contributed by atoms with Gasteiger partial charge in [-0.25, -0.2) is 0 Å². The van der Waals surface area contributed by atoms with Gasteiger partial charge in [-0.2, -0.15) is 0 Å². The van der Waals surface area contributed by atoms with Crippen LogP contribution in [0.15, 0.2) is 18.2 Å². The van der Waals surface area contributed by atoms with Gasteiger partial charge in [0.2, 0.25) is 0 Å². The number of carbonyl (C=O) groups excluding carboxylic acids is 1. The van der Waals surface area contributed by atoms with Gasteiger partial charge in [0.25, 0.3) is 0 Å². The molecule has 0 saturated heterocycles. The number of ether oxygens (including phenoxy) is 1. The van der Waals surface area contributed by atoms with E-state index in [2.05, 4.69) is 4.74 Å². The van der Waals surface area contributed by atoms with Crippen LogP contribution in [0.3, 0.4) is 0 Å². The number of halogens is 4. The second-order valence-electron chi connectivity index (χ2n) is 2.97. The Balaban J connectivity index is 3.04. The highest BCUT2D eigenvalue weighted by Crippen LogP contribution is 2.28. The van der Waals surface area contributed by atoms with Crippen LogP contribution in [0.2, 0.25) is 0 Å². The Kier molecular flexibility index (Phi) is 4.17. The molecular formula is C10H8F3IO2. The molecule has 0 spiro atoms. The number of hydrogen-bond donors (Lipinski definition) is 0. The van der Waals surface area contributed by atoms with Crippen LogP contribution in [0.1, 0.15) is 23.7 Å². The van der Waals surface area contributed by atoms with E-state index in [9.17, 15) is 18.0 Å². The van der Waals surface area contributed by atoms with Crippen molar-refractivity contribution in [1.29, 1.82) is 0 Å². The van der Waals surface area contributed by atoms with Gasteiger partial charge in [-0.05, 0) is 34.7 Å². The van der Waals surface area contributed by atoms with Crippen molar-refractivity contribution in [1.82, 2.24) is 0 Å². The summed E-state index contributed by atoms with van der Waals surface area (Å²) >= 11 is 1.72. The van der Waals surface area contributed by atoms with Crippen LogP contribution in [0, 0.1) is 3.57 Å². The topological polar surface area (TPSA) is 26.3 Å². The molecule has 0 unspecified atom stereocenters. The van der Waals surface area contributed by atoms with E-state index in [0.717, 1.165) is 6.07 Å². The molecule has 6 heteroatoms. The summed E-state index contributed by atoms with van der Waals surface area (Å²) in [5.74, 6) is -0.559. The molecule has 1 aromatic carbocycles. The van der Waals surface area contributed by atoms with E-state index in [0.29, 0.717) is 3.57 Å².